The van der Waals surface area contributed by atoms with Crippen LogP contribution in [0.1, 0.15) is 1.43 Å². The van der Waals surface area contributed by atoms with Gasteiger partial charge in [-0.1, -0.05) is 0 Å². The second-order valence-electron chi connectivity index (χ2n) is 0.694. The Hall–Kier alpha value is 0.358. The van der Waals surface area contributed by atoms with Gasteiger partial charge in [0.2, 0.25) is 0 Å². The predicted molar refractivity (Wildman–Crippen MR) is 17.8 cm³/mol. The number of hydrogen-bond acceptors (Lipinski definition) is 4. The molecule has 0 aliphatic rings. The summed E-state index contributed by atoms with van der Waals surface area (Å²) in [7, 11) is 0. The topological polar surface area (TPSA) is 109 Å². The first-order valence-corrected chi connectivity index (χ1v) is 2.79. The zero-order chi connectivity index (χ0) is 7.86. The first kappa shape index (κ1) is 22.5. The van der Waals surface area contributed by atoms with Crippen molar-refractivity contribution in [2.75, 3.05) is 0 Å². The van der Waals surface area contributed by atoms with Crippen molar-refractivity contribution in [3.05, 3.63) is 0 Å². The molecule has 11 heavy (non-hydrogen) atoms. The van der Waals surface area contributed by atoms with Gasteiger partial charge in [-0.2, -0.15) is 0 Å². The van der Waals surface area contributed by atoms with E-state index in [0.29, 0.717) is 0 Å². The van der Waals surface area contributed by atoms with Crippen molar-refractivity contribution in [2.24, 2.45) is 0 Å². The van der Waals surface area contributed by atoms with Crippen LogP contribution >= 0.6 is 0 Å². The Morgan fingerprint density at radius 1 is 1.09 bits per heavy atom. The average molecular weight is 237 g/mol. The first-order valence-electron chi connectivity index (χ1n) is 1.51. The summed E-state index contributed by atoms with van der Waals surface area (Å²) in [5.41, 5.74) is 0. The third-order valence-corrected chi connectivity index (χ3v) is 0.183. The second kappa shape index (κ2) is 16.8. The molecule has 6 nitrogen and oxygen atoms in total. The van der Waals surface area contributed by atoms with Crippen LogP contribution in [0.15, 0.2) is 0 Å². The third kappa shape index (κ3) is 38.1. The zero-order valence-corrected chi connectivity index (χ0v) is 7.96. The van der Waals surface area contributed by atoms with Crippen molar-refractivity contribution in [3.8, 4) is 0 Å². The van der Waals surface area contributed by atoms with Gasteiger partial charge in [0.15, 0.2) is 0 Å². The molecule has 0 rings (SSSR count). The number of carboxylic acid groups (broad SMARTS) is 2. The van der Waals surface area contributed by atoms with Gasteiger partial charge in [-0.15, -0.1) is 0 Å². The molecular formula is C2H3CoLiO6Ti. The van der Waals surface area contributed by atoms with Gasteiger partial charge in [-0.3, -0.25) is 0 Å². The average Bonchev–Trinajstić information content (AvgIpc) is 1.68. The molecule has 0 heterocycles. The van der Waals surface area contributed by atoms with E-state index in [9.17, 15) is 0 Å². The quantitative estimate of drug-likeness (QED) is 0.328. The summed E-state index contributed by atoms with van der Waals surface area (Å²) in [6, 6.07) is 0. The molecule has 0 aromatic heterocycles. The first-order chi connectivity index (χ1) is 4.06. The fourth-order valence-electron chi connectivity index (χ4n) is 0. The molecule has 0 amide bonds. The third-order valence-electron chi connectivity index (χ3n) is 0.183. The molecule has 0 bridgehead atoms. The Morgan fingerprint density at radius 2 is 1.18 bits per heavy atom. The van der Waals surface area contributed by atoms with Crippen LogP contribution in [0.5, 0.6) is 0 Å². The van der Waals surface area contributed by atoms with Gasteiger partial charge in [0.05, 0.1) is 0 Å². The molecule has 9 heteroatoms. The Bertz CT molecular complexity index is 146. The molecule has 0 atom stereocenters. The molecule has 0 spiro atoms. The van der Waals surface area contributed by atoms with Crippen LogP contribution in [-0.2, 0) is 52.1 Å². The molecule has 0 saturated heterocycles. The van der Waals surface area contributed by atoms with Gasteiger partial charge in [-0.25, -0.2) is 9.59 Å². The van der Waals surface area contributed by atoms with Crippen LogP contribution in [0.4, 0.5) is 0 Å². The maximum atomic E-state index is 9.10. The second-order valence-corrected chi connectivity index (χ2v) is 0.954. The Labute approximate surface area is 94.2 Å². The molecule has 0 aromatic rings. The van der Waals surface area contributed by atoms with Crippen molar-refractivity contribution in [1.29, 1.82) is 0 Å². The van der Waals surface area contributed by atoms with E-state index in [1.54, 1.807) is 0 Å². The maximum absolute atomic E-state index is 9.10. The summed E-state index contributed by atoms with van der Waals surface area (Å²) in [4.78, 5) is 18.2. The van der Waals surface area contributed by atoms with Crippen LogP contribution in [0, 0.1) is 0 Å². The molecule has 0 aromatic carbocycles. The fraction of sp³-hybridized carbons (Fsp3) is 0. The van der Waals surface area contributed by atoms with Gasteiger partial charge >= 0.3 is 56.5 Å². The van der Waals surface area contributed by atoms with E-state index in [1.807, 2.05) is 0 Å². The standard InChI is InChI=1S/C2H2O4.Co.Li.2O.Ti.H/c3-1(4)2(5)6;;;;;;/h(H,3,4)(H,5,6);;;;;;/q;;+1;;;;-1. The SMILES string of the molecule is O=C(O)C(=O)O.[Co].[H-].[Li+].[O]=[Ti]=[O]. The van der Waals surface area contributed by atoms with Crippen molar-refractivity contribution < 1.29 is 82.6 Å². The Kier molecular flexibility index (Phi) is 34.3. The number of hydrogen-bond donors (Lipinski definition) is 2. The van der Waals surface area contributed by atoms with Crippen LogP contribution in [0.2, 0.25) is 0 Å². The molecule has 2 N–H and O–H groups in total. The summed E-state index contributed by atoms with van der Waals surface area (Å²) in [6.45, 7) is 0. The van der Waals surface area contributed by atoms with E-state index < -0.39 is 31.0 Å². The summed E-state index contributed by atoms with van der Waals surface area (Å²) in [5, 5.41) is 14.8. The molecule has 0 fully saturated rings. The van der Waals surface area contributed by atoms with Crippen LogP contribution in [0.3, 0.4) is 0 Å². The van der Waals surface area contributed by atoms with Crippen LogP contribution < -0.4 is 18.9 Å². The Morgan fingerprint density at radius 3 is 1.18 bits per heavy atom. The van der Waals surface area contributed by atoms with E-state index in [4.69, 9.17) is 26.5 Å². The van der Waals surface area contributed by atoms with E-state index in [-0.39, 0.29) is 37.1 Å². The molecule has 61 valence electrons. The van der Waals surface area contributed by atoms with Crippen molar-refractivity contribution in [1.82, 2.24) is 0 Å². The number of aliphatic carboxylic acids is 2. The Balaban J connectivity index is -0.0000000246. The summed E-state index contributed by atoms with van der Waals surface area (Å²) in [6.07, 6.45) is 0. The minimum atomic E-state index is -2.00. The minimum absolute atomic E-state index is 0. The zero-order valence-electron chi connectivity index (χ0n) is 6.36. The van der Waals surface area contributed by atoms with Crippen LogP contribution in [-0.4, -0.2) is 22.2 Å². The van der Waals surface area contributed by atoms with Gasteiger partial charge < -0.3 is 11.6 Å². The summed E-state index contributed by atoms with van der Waals surface area (Å²) >= 11 is -2.00. The van der Waals surface area contributed by atoms with Gasteiger partial charge in [0.1, 0.15) is 0 Å². The molecular weight excluding hydrogens is 234 g/mol. The summed E-state index contributed by atoms with van der Waals surface area (Å²) in [5.74, 6) is -3.65. The predicted octanol–water partition coefficient (Wildman–Crippen LogP) is -3.97. The van der Waals surface area contributed by atoms with E-state index >= 15 is 0 Å². The van der Waals surface area contributed by atoms with Crippen molar-refractivity contribution in [3.63, 3.8) is 0 Å². The molecule has 1 radical (unpaired) electrons. The van der Waals surface area contributed by atoms with Crippen molar-refractivity contribution >= 4 is 11.9 Å². The van der Waals surface area contributed by atoms with Gasteiger partial charge in [-0.05, 0) is 0 Å². The fourth-order valence-corrected chi connectivity index (χ4v) is 0. The van der Waals surface area contributed by atoms with Crippen LogP contribution in [0.25, 0.3) is 0 Å². The van der Waals surface area contributed by atoms with Gasteiger partial charge in [0, 0.05) is 16.8 Å². The molecule has 0 aliphatic carbocycles. The number of carbonyl (C=O) groups is 2. The molecule has 0 saturated carbocycles. The van der Waals surface area contributed by atoms with E-state index in [1.165, 1.54) is 0 Å². The number of carboxylic acids is 2. The summed E-state index contributed by atoms with van der Waals surface area (Å²) < 4.78 is 17.0. The normalized spacial score (nSPS) is 4.73. The number of rotatable bonds is 0. The van der Waals surface area contributed by atoms with Gasteiger partial charge in [0.25, 0.3) is 0 Å². The van der Waals surface area contributed by atoms with Crippen molar-refractivity contribution in [2.45, 2.75) is 0 Å². The van der Waals surface area contributed by atoms with E-state index in [0.717, 1.165) is 0 Å². The molecule has 0 unspecified atom stereocenters. The van der Waals surface area contributed by atoms with E-state index in [2.05, 4.69) is 0 Å². The monoisotopic (exact) mass is 237 g/mol. The molecule has 0 aliphatic heterocycles.